The third-order valence-electron chi connectivity index (χ3n) is 1.97. The molecule has 0 aliphatic carbocycles. The zero-order valence-electron chi connectivity index (χ0n) is 8.85. The molecule has 0 radical (unpaired) electrons. The van der Waals surface area contributed by atoms with E-state index in [4.69, 9.17) is 0 Å². The quantitative estimate of drug-likeness (QED) is 0.462. The minimum Gasteiger partial charge on any atom is -0.349 e. The van der Waals surface area contributed by atoms with Gasteiger partial charge >= 0.3 is 0 Å². The van der Waals surface area contributed by atoms with Gasteiger partial charge in [-0.2, -0.15) is 0 Å². The van der Waals surface area contributed by atoms with Crippen molar-refractivity contribution in [2.24, 2.45) is 0 Å². The zero-order valence-corrected chi connectivity index (χ0v) is 8.85. The van der Waals surface area contributed by atoms with E-state index in [1.807, 2.05) is 6.07 Å². The third-order valence-corrected chi connectivity index (χ3v) is 1.97. The van der Waals surface area contributed by atoms with Crippen LogP contribution in [-0.2, 0) is 4.79 Å². The van der Waals surface area contributed by atoms with Gasteiger partial charge in [0.15, 0.2) is 0 Å². The summed E-state index contributed by atoms with van der Waals surface area (Å²) in [4.78, 5) is 21.9. The zero-order chi connectivity index (χ0) is 11.8. The minimum atomic E-state index is -0.175. The van der Waals surface area contributed by atoms with Gasteiger partial charge in [-0.05, 0) is 17.7 Å². The Morgan fingerprint density at radius 1 is 1.38 bits per heavy atom. The summed E-state index contributed by atoms with van der Waals surface area (Å²) in [5.41, 5.74) is 1.26. The van der Waals surface area contributed by atoms with Crippen LogP contribution in [0, 0.1) is 0 Å². The molecule has 1 N–H and O–H groups in total. The van der Waals surface area contributed by atoms with Gasteiger partial charge in [0.1, 0.15) is 6.29 Å². The number of hydrogen-bond acceptors (Lipinski definition) is 2. The molecule has 0 aromatic heterocycles. The monoisotopic (exact) mass is 215 g/mol. The van der Waals surface area contributed by atoms with E-state index in [0.29, 0.717) is 18.4 Å². The molecule has 0 aliphatic heterocycles. The maximum Gasteiger partial charge on any atom is 0.252 e. The van der Waals surface area contributed by atoms with Crippen LogP contribution < -0.4 is 5.32 Å². The van der Waals surface area contributed by atoms with Gasteiger partial charge in [0.05, 0.1) is 0 Å². The Morgan fingerprint density at radius 3 is 2.81 bits per heavy atom. The Kier molecular flexibility index (Phi) is 4.73. The number of allylic oxidation sites excluding steroid dienone is 1. The molecule has 0 heterocycles. The number of amides is 1. The average molecular weight is 215 g/mol. The fourth-order valence-electron chi connectivity index (χ4n) is 1.25. The summed E-state index contributed by atoms with van der Waals surface area (Å²) < 4.78 is 0. The topological polar surface area (TPSA) is 46.2 Å². The van der Waals surface area contributed by atoms with Crippen molar-refractivity contribution >= 4 is 18.3 Å². The SMILES string of the molecule is C=CCNC(=O)c1ccccc1/C=C/C=O. The largest absolute Gasteiger partial charge is 0.349 e. The first-order valence-electron chi connectivity index (χ1n) is 4.89. The van der Waals surface area contributed by atoms with E-state index >= 15 is 0 Å². The summed E-state index contributed by atoms with van der Waals surface area (Å²) in [6, 6.07) is 7.08. The van der Waals surface area contributed by atoms with Gasteiger partial charge in [-0.25, -0.2) is 0 Å². The smallest absolute Gasteiger partial charge is 0.252 e. The van der Waals surface area contributed by atoms with Crippen molar-refractivity contribution in [3.8, 4) is 0 Å². The van der Waals surface area contributed by atoms with Crippen molar-refractivity contribution < 1.29 is 9.59 Å². The summed E-state index contributed by atoms with van der Waals surface area (Å²) in [5.74, 6) is -0.175. The van der Waals surface area contributed by atoms with E-state index in [-0.39, 0.29) is 5.91 Å². The van der Waals surface area contributed by atoms with Gasteiger partial charge in [0.2, 0.25) is 0 Å². The number of rotatable bonds is 5. The molecule has 0 fully saturated rings. The molecule has 3 nitrogen and oxygen atoms in total. The van der Waals surface area contributed by atoms with Crippen LogP contribution in [0.3, 0.4) is 0 Å². The van der Waals surface area contributed by atoms with Crippen LogP contribution in [0.4, 0.5) is 0 Å². The van der Waals surface area contributed by atoms with Gasteiger partial charge in [0, 0.05) is 12.1 Å². The highest BCUT2D eigenvalue weighted by molar-refractivity contribution is 5.98. The Morgan fingerprint density at radius 2 is 2.12 bits per heavy atom. The molecule has 1 aromatic carbocycles. The lowest BCUT2D eigenvalue weighted by atomic mass is 10.1. The van der Waals surface area contributed by atoms with Gasteiger partial charge in [-0.15, -0.1) is 6.58 Å². The first-order chi connectivity index (χ1) is 7.79. The normalized spacial score (nSPS) is 10.0. The Balaban J connectivity index is 2.93. The highest BCUT2D eigenvalue weighted by Crippen LogP contribution is 2.10. The minimum absolute atomic E-state index is 0.175. The number of carbonyl (C=O) groups is 2. The van der Waals surface area contributed by atoms with Crippen molar-refractivity contribution in [2.45, 2.75) is 0 Å². The molecule has 1 rings (SSSR count). The van der Waals surface area contributed by atoms with Gasteiger partial charge in [0.25, 0.3) is 5.91 Å². The van der Waals surface area contributed by atoms with Gasteiger partial charge < -0.3 is 5.32 Å². The first kappa shape index (κ1) is 11.9. The third kappa shape index (κ3) is 3.20. The predicted octanol–water partition coefficient (Wildman–Crippen LogP) is 1.81. The predicted molar refractivity (Wildman–Crippen MR) is 64.1 cm³/mol. The number of hydrogen-bond donors (Lipinski definition) is 1. The number of carbonyl (C=O) groups excluding carboxylic acids is 2. The second-order valence-corrected chi connectivity index (χ2v) is 3.08. The van der Waals surface area contributed by atoms with Crippen molar-refractivity contribution in [2.75, 3.05) is 6.54 Å². The summed E-state index contributed by atoms with van der Waals surface area (Å²) in [6.45, 7) is 3.94. The molecule has 0 saturated heterocycles. The molecular formula is C13H13NO2. The van der Waals surface area contributed by atoms with E-state index in [2.05, 4.69) is 11.9 Å². The molecule has 0 bridgehead atoms. The summed E-state index contributed by atoms with van der Waals surface area (Å²) >= 11 is 0. The second kappa shape index (κ2) is 6.35. The van der Waals surface area contributed by atoms with Crippen molar-refractivity contribution in [3.63, 3.8) is 0 Å². The van der Waals surface area contributed by atoms with E-state index in [0.717, 1.165) is 5.56 Å². The Hall–Kier alpha value is -2.16. The Bertz CT molecular complexity index is 422. The Labute approximate surface area is 94.5 Å². The van der Waals surface area contributed by atoms with Gasteiger partial charge in [-0.1, -0.05) is 30.4 Å². The molecule has 0 unspecified atom stereocenters. The molecule has 0 saturated carbocycles. The fourth-order valence-corrected chi connectivity index (χ4v) is 1.25. The van der Waals surface area contributed by atoms with Crippen LogP contribution in [-0.4, -0.2) is 18.7 Å². The molecule has 0 atom stereocenters. The molecular weight excluding hydrogens is 202 g/mol. The molecule has 1 amide bonds. The molecule has 1 aromatic rings. The van der Waals surface area contributed by atoms with Crippen LogP contribution in [0.5, 0.6) is 0 Å². The average Bonchev–Trinajstić information content (AvgIpc) is 2.33. The van der Waals surface area contributed by atoms with Crippen LogP contribution in [0.1, 0.15) is 15.9 Å². The molecule has 0 aliphatic rings. The van der Waals surface area contributed by atoms with Crippen molar-refractivity contribution in [3.05, 3.63) is 54.1 Å². The second-order valence-electron chi connectivity index (χ2n) is 3.08. The maximum atomic E-state index is 11.7. The summed E-state index contributed by atoms with van der Waals surface area (Å²) in [6.07, 6.45) is 5.26. The van der Waals surface area contributed by atoms with Crippen LogP contribution in [0.25, 0.3) is 6.08 Å². The number of nitrogens with one attached hydrogen (secondary N) is 1. The van der Waals surface area contributed by atoms with Crippen molar-refractivity contribution in [1.29, 1.82) is 0 Å². The molecule has 0 spiro atoms. The lowest BCUT2D eigenvalue weighted by Crippen LogP contribution is -2.23. The lowest BCUT2D eigenvalue weighted by molar-refractivity contribution is -0.104. The van der Waals surface area contributed by atoms with Crippen LogP contribution >= 0.6 is 0 Å². The highest BCUT2D eigenvalue weighted by atomic mass is 16.1. The summed E-state index contributed by atoms with van der Waals surface area (Å²) in [5, 5.41) is 2.69. The van der Waals surface area contributed by atoms with Gasteiger partial charge in [-0.3, -0.25) is 9.59 Å². The van der Waals surface area contributed by atoms with Crippen LogP contribution in [0.2, 0.25) is 0 Å². The standard InChI is InChI=1S/C13H13NO2/c1-2-9-14-13(16)12-8-4-3-6-11(12)7-5-10-15/h2-8,10H,1,9H2,(H,14,16)/b7-5+. The molecule has 3 heteroatoms. The van der Waals surface area contributed by atoms with E-state index in [9.17, 15) is 9.59 Å². The van der Waals surface area contributed by atoms with Crippen LogP contribution in [0.15, 0.2) is 43.0 Å². The van der Waals surface area contributed by atoms with E-state index < -0.39 is 0 Å². The summed E-state index contributed by atoms with van der Waals surface area (Å²) in [7, 11) is 0. The highest BCUT2D eigenvalue weighted by Gasteiger charge is 2.07. The maximum absolute atomic E-state index is 11.7. The van der Waals surface area contributed by atoms with Crippen molar-refractivity contribution in [1.82, 2.24) is 5.32 Å². The number of benzene rings is 1. The van der Waals surface area contributed by atoms with E-state index in [1.165, 1.54) is 6.08 Å². The number of aldehydes is 1. The first-order valence-corrected chi connectivity index (χ1v) is 4.89. The fraction of sp³-hybridized carbons (Fsp3) is 0.0769. The lowest BCUT2D eigenvalue weighted by Gasteiger charge is -2.05. The molecule has 16 heavy (non-hydrogen) atoms. The molecule has 82 valence electrons. The van der Waals surface area contributed by atoms with E-state index in [1.54, 1.807) is 30.4 Å².